The number of nitrogens with one attached hydrogen (secondary N) is 1. The van der Waals surface area contributed by atoms with Gasteiger partial charge in [-0.25, -0.2) is 4.39 Å². The number of allylic oxidation sites excluding steroid dienone is 2. The van der Waals surface area contributed by atoms with Crippen LogP contribution in [0.3, 0.4) is 0 Å². The molecule has 0 radical (unpaired) electrons. The monoisotopic (exact) mass is 278 g/mol. The predicted octanol–water partition coefficient (Wildman–Crippen LogP) is 4.14. The van der Waals surface area contributed by atoms with Gasteiger partial charge in [0.2, 0.25) is 0 Å². The summed E-state index contributed by atoms with van der Waals surface area (Å²) in [6.07, 6.45) is 4.39. The molecule has 0 amide bonds. The first-order chi connectivity index (χ1) is 9.44. The Morgan fingerprint density at radius 2 is 2.20 bits per heavy atom. The van der Waals surface area contributed by atoms with Crippen LogP contribution in [0.25, 0.3) is 0 Å². The molecule has 2 rings (SSSR count). The highest BCUT2D eigenvalue weighted by molar-refractivity contribution is 5.51. The zero-order valence-corrected chi connectivity index (χ0v) is 11.7. The fourth-order valence-corrected chi connectivity index (χ4v) is 2.89. The van der Waals surface area contributed by atoms with E-state index in [9.17, 15) is 14.5 Å². The van der Waals surface area contributed by atoms with E-state index in [0.717, 1.165) is 18.9 Å². The number of hydrogen-bond donors (Lipinski definition) is 1. The van der Waals surface area contributed by atoms with E-state index in [1.807, 2.05) is 0 Å². The van der Waals surface area contributed by atoms with E-state index < -0.39 is 10.7 Å². The molecule has 1 aliphatic rings. The van der Waals surface area contributed by atoms with Crippen molar-refractivity contribution in [3.63, 3.8) is 0 Å². The fraction of sp³-hybridized carbons (Fsp3) is 0.467. The van der Waals surface area contributed by atoms with Gasteiger partial charge < -0.3 is 5.32 Å². The molecule has 0 aromatic heterocycles. The molecule has 0 spiro atoms. The standard InChI is InChI=1S/C15H19FN2O2/c1-10-3-11(2)5-12(4-10)9-17-14-6-13(16)7-15(8-14)18(19)20/h3,6-8,10,12,17H,4-5,9H2,1-2H3. The van der Waals surface area contributed by atoms with Crippen LogP contribution >= 0.6 is 0 Å². The third-order valence-corrected chi connectivity index (χ3v) is 3.57. The second-order valence-corrected chi connectivity index (χ2v) is 5.63. The average Bonchev–Trinajstić information content (AvgIpc) is 2.34. The van der Waals surface area contributed by atoms with Gasteiger partial charge in [0, 0.05) is 18.3 Å². The summed E-state index contributed by atoms with van der Waals surface area (Å²) in [5, 5.41) is 13.8. The average molecular weight is 278 g/mol. The van der Waals surface area contributed by atoms with E-state index in [1.165, 1.54) is 17.7 Å². The second kappa shape index (κ2) is 6.03. The summed E-state index contributed by atoms with van der Waals surface area (Å²) in [7, 11) is 0. The lowest BCUT2D eigenvalue weighted by atomic mass is 9.84. The molecule has 0 aliphatic heterocycles. The lowest BCUT2D eigenvalue weighted by molar-refractivity contribution is -0.385. The van der Waals surface area contributed by atoms with E-state index in [2.05, 4.69) is 25.2 Å². The Morgan fingerprint density at radius 1 is 1.45 bits per heavy atom. The molecule has 1 aromatic rings. The van der Waals surface area contributed by atoms with Crippen molar-refractivity contribution in [1.29, 1.82) is 0 Å². The maximum absolute atomic E-state index is 13.3. The van der Waals surface area contributed by atoms with Crippen molar-refractivity contribution in [3.05, 3.63) is 45.8 Å². The summed E-state index contributed by atoms with van der Waals surface area (Å²) < 4.78 is 13.3. The first-order valence-electron chi connectivity index (χ1n) is 6.80. The lowest BCUT2D eigenvalue weighted by Crippen LogP contribution is -2.20. The molecule has 2 unspecified atom stereocenters. The molecule has 108 valence electrons. The highest BCUT2D eigenvalue weighted by Crippen LogP contribution is 2.28. The minimum atomic E-state index is -0.588. The van der Waals surface area contributed by atoms with Crippen molar-refractivity contribution in [2.75, 3.05) is 11.9 Å². The zero-order valence-electron chi connectivity index (χ0n) is 11.7. The van der Waals surface area contributed by atoms with Gasteiger partial charge in [0.15, 0.2) is 0 Å². The first-order valence-corrected chi connectivity index (χ1v) is 6.80. The Morgan fingerprint density at radius 3 is 2.85 bits per heavy atom. The van der Waals surface area contributed by atoms with Crippen molar-refractivity contribution in [2.24, 2.45) is 11.8 Å². The molecule has 1 aromatic carbocycles. The van der Waals surface area contributed by atoms with Gasteiger partial charge >= 0.3 is 0 Å². The smallest absolute Gasteiger partial charge is 0.274 e. The summed E-state index contributed by atoms with van der Waals surface area (Å²) in [5.74, 6) is 0.449. The maximum atomic E-state index is 13.3. The SMILES string of the molecule is CC1=CC(C)CC(CNc2cc(F)cc([N+](=O)[O-])c2)C1. The number of anilines is 1. The van der Waals surface area contributed by atoms with Gasteiger partial charge in [0.05, 0.1) is 11.0 Å². The van der Waals surface area contributed by atoms with Gasteiger partial charge in [0.25, 0.3) is 5.69 Å². The molecule has 0 heterocycles. The number of nitro groups is 1. The number of halogens is 1. The van der Waals surface area contributed by atoms with E-state index in [-0.39, 0.29) is 5.69 Å². The molecule has 20 heavy (non-hydrogen) atoms. The van der Waals surface area contributed by atoms with E-state index in [4.69, 9.17) is 0 Å². The van der Waals surface area contributed by atoms with Crippen molar-refractivity contribution >= 4 is 11.4 Å². The molecule has 0 fully saturated rings. The molecular weight excluding hydrogens is 259 g/mol. The van der Waals surface area contributed by atoms with E-state index in [0.29, 0.717) is 24.1 Å². The summed E-state index contributed by atoms with van der Waals surface area (Å²) in [4.78, 5) is 10.1. The maximum Gasteiger partial charge on any atom is 0.274 e. The van der Waals surface area contributed by atoms with Crippen LogP contribution in [0.2, 0.25) is 0 Å². The summed E-state index contributed by atoms with van der Waals surface area (Å²) in [6, 6.07) is 3.60. The van der Waals surface area contributed by atoms with Crippen molar-refractivity contribution < 1.29 is 9.31 Å². The van der Waals surface area contributed by atoms with Gasteiger partial charge in [-0.2, -0.15) is 0 Å². The second-order valence-electron chi connectivity index (χ2n) is 5.63. The molecule has 5 heteroatoms. The number of benzene rings is 1. The molecule has 0 saturated heterocycles. The summed E-state index contributed by atoms with van der Waals surface area (Å²) in [6.45, 7) is 5.01. The van der Waals surface area contributed by atoms with Crippen LogP contribution in [0, 0.1) is 27.8 Å². The van der Waals surface area contributed by atoms with Crippen LogP contribution < -0.4 is 5.32 Å². The minimum absolute atomic E-state index is 0.222. The molecule has 4 nitrogen and oxygen atoms in total. The highest BCUT2D eigenvalue weighted by Gasteiger charge is 2.18. The Balaban J connectivity index is 2.01. The molecule has 0 bridgehead atoms. The Bertz CT molecular complexity index is 543. The van der Waals surface area contributed by atoms with Crippen LogP contribution in [-0.2, 0) is 0 Å². The number of rotatable bonds is 4. The van der Waals surface area contributed by atoms with Crippen molar-refractivity contribution in [1.82, 2.24) is 0 Å². The van der Waals surface area contributed by atoms with Gasteiger partial charge in [-0.15, -0.1) is 0 Å². The highest BCUT2D eigenvalue weighted by atomic mass is 19.1. The Kier molecular flexibility index (Phi) is 4.37. The van der Waals surface area contributed by atoms with Crippen molar-refractivity contribution in [3.8, 4) is 0 Å². The Hall–Kier alpha value is -1.91. The topological polar surface area (TPSA) is 55.2 Å². The van der Waals surface area contributed by atoms with Crippen LogP contribution in [0.15, 0.2) is 29.8 Å². The molecular formula is C15H19FN2O2. The number of nitrogens with zero attached hydrogens (tertiary/aromatic N) is 1. The Labute approximate surface area is 117 Å². The van der Waals surface area contributed by atoms with Crippen LogP contribution in [0.1, 0.15) is 26.7 Å². The van der Waals surface area contributed by atoms with E-state index in [1.54, 1.807) is 0 Å². The number of non-ortho nitro benzene ring substituents is 1. The van der Waals surface area contributed by atoms with Crippen LogP contribution in [-0.4, -0.2) is 11.5 Å². The van der Waals surface area contributed by atoms with Crippen molar-refractivity contribution in [2.45, 2.75) is 26.7 Å². The molecule has 2 atom stereocenters. The predicted molar refractivity (Wildman–Crippen MR) is 77.2 cm³/mol. The van der Waals surface area contributed by atoms with E-state index >= 15 is 0 Å². The number of nitro benzene ring substituents is 1. The van der Waals surface area contributed by atoms with Gasteiger partial charge in [-0.1, -0.05) is 18.6 Å². The largest absolute Gasteiger partial charge is 0.384 e. The zero-order chi connectivity index (χ0) is 14.7. The molecule has 1 N–H and O–H groups in total. The third-order valence-electron chi connectivity index (χ3n) is 3.57. The first kappa shape index (κ1) is 14.5. The summed E-state index contributed by atoms with van der Waals surface area (Å²) in [5.41, 5.74) is 1.62. The molecule has 0 saturated carbocycles. The third kappa shape index (κ3) is 3.79. The van der Waals surface area contributed by atoms with Gasteiger partial charge in [-0.3, -0.25) is 10.1 Å². The number of hydrogen-bond acceptors (Lipinski definition) is 3. The summed E-state index contributed by atoms with van der Waals surface area (Å²) >= 11 is 0. The van der Waals surface area contributed by atoms with Crippen LogP contribution in [0.4, 0.5) is 15.8 Å². The normalized spacial score (nSPS) is 22.2. The van der Waals surface area contributed by atoms with Gasteiger partial charge in [0.1, 0.15) is 5.82 Å². The van der Waals surface area contributed by atoms with Crippen LogP contribution in [0.5, 0.6) is 0 Å². The minimum Gasteiger partial charge on any atom is -0.384 e. The van der Waals surface area contributed by atoms with Gasteiger partial charge in [-0.05, 0) is 37.7 Å². The fourth-order valence-electron chi connectivity index (χ4n) is 2.89. The lowest BCUT2D eigenvalue weighted by Gasteiger charge is -2.25. The molecule has 1 aliphatic carbocycles. The quantitative estimate of drug-likeness (QED) is 0.511.